The van der Waals surface area contributed by atoms with Gasteiger partial charge in [0.1, 0.15) is 15.6 Å². The zero-order chi connectivity index (χ0) is 21.9. The monoisotopic (exact) mass is 457 g/mol. The number of pyridine rings is 1. The topological polar surface area (TPSA) is 106 Å². The van der Waals surface area contributed by atoms with Crippen molar-refractivity contribution in [3.63, 3.8) is 0 Å². The first-order chi connectivity index (χ1) is 14.2. The molecule has 30 heavy (non-hydrogen) atoms. The van der Waals surface area contributed by atoms with Gasteiger partial charge in [0.05, 0.1) is 7.11 Å². The number of hydrogen-bond donors (Lipinski definition) is 1. The van der Waals surface area contributed by atoms with Crippen LogP contribution in [0.3, 0.4) is 0 Å². The highest BCUT2D eigenvalue weighted by molar-refractivity contribution is 7.89. The lowest BCUT2D eigenvalue weighted by Crippen LogP contribution is -2.58. The van der Waals surface area contributed by atoms with Gasteiger partial charge in [0.15, 0.2) is 0 Å². The highest BCUT2D eigenvalue weighted by atomic mass is 35.5. The van der Waals surface area contributed by atoms with Crippen LogP contribution in [0.25, 0.3) is 0 Å². The molecule has 3 rings (SSSR count). The van der Waals surface area contributed by atoms with Gasteiger partial charge in [0, 0.05) is 25.2 Å². The van der Waals surface area contributed by atoms with Gasteiger partial charge in [0.25, 0.3) is 0 Å². The summed E-state index contributed by atoms with van der Waals surface area (Å²) < 4.78 is 32.0. The lowest BCUT2D eigenvalue weighted by Gasteiger charge is -2.39. The molecule has 1 aliphatic carbocycles. The van der Waals surface area contributed by atoms with Crippen molar-refractivity contribution in [1.82, 2.24) is 14.6 Å². The fourth-order valence-electron chi connectivity index (χ4n) is 4.23. The Kier molecular flexibility index (Phi) is 7.04. The Hall–Kier alpha value is -1.71. The first-order valence-electron chi connectivity index (χ1n) is 10.2. The molecule has 1 N–H and O–H groups in total. The van der Waals surface area contributed by atoms with Crippen molar-refractivity contribution < 1.29 is 22.7 Å². The third-order valence-electron chi connectivity index (χ3n) is 6.23. The maximum Gasteiger partial charge on any atom is 0.331 e. The Balaban J connectivity index is 1.65. The lowest BCUT2D eigenvalue weighted by atomic mass is 9.76. The van der Waals surface area contributed by atoms with Crippen LogP contribution in [-0.4, -0.2) is 55.3 Å². The molecule has 1 amide bonds. The zero-order valence-electron chi connectivity index (χ0n) is 17.3. The van der Waals surface area contributed by atoms with Crippen LogP contribution in [0.1, 0.15) is 45.4 Å². The second-order valence-electron chi connectivity index (χ2n) is 8.22. The average molecular weight is 458 g/mol. The zero-order valence-corrected chi connectivity index (χ0v) is 18.8. The maximum atomic E-state index is 12.9. The SMILES string of the molecule is COC(=O)C1(NC(=O)C2CCN(S(=O)(=O)c3cccnc3Cl)CC2)CCC(C)CC1. The predicted molar refractivity (Wildman–Crippen MR) is 111 cm³/mol. The molecule has 1 aromatic heterocycles. The molecule has 8 nitrogen and oxygen atoms in total. The van der Waals surface area contributed by atoms with Gasteiger partial charge in [0.2, 0.25) is 15.9 Å². The van der Waals surface area contributed by atoms with E-state index in [0.717, 1.165) is 12.8 Å². The van der Waals surface area contributed by atoms with E-state index < -0.39 is 21.5 Å². The number of sulfonamides is 1. The molecule has 1 aromatic rings. The van der Waals surface area contributed by atoms with Crippen LogP contribution in [0.2, 0.25) is 5.15 Å². The van der Waals surface area contributed by atoms with E-state index in [-0.39, 0.29) is 35.0 Å². The predicted octanol–water partition coefficient (Wildman–Crippen LogP) is 2.37. The smallest absolute Gasteiger partial charge is 0.331 e. The molecule has 10 heteroatoms. The van der Waals surface area contributed by atoms with Crippen LogP contribution in [0.5, 0.6) is 0 Å². The molecular formula is C20H28ClN3O5S. The number of nitrogens with one attached hydrogen (secondary N) is 1. The summed E-state index contributed by atoms with van der Waals surface area (Å²) in [6.45, 7) is 2.54. The van der Waals surface area contributed by atoms with Crippen molar-refractivity contribution in [3.05, 3.63) is 23.5 Å². The average Bonchev–Trinajstić information content (AvgIpc) is 2.75. The second-order valence-corrected chi connectivity index (χ2v) is 10.5. The molecule has 2 aliphatic rings. The standard InChI is InChI=1S/C20H28ClN3O5S/c1-14-5-9-20(10-6-14,19(26)29-2)23-18(25)15-7-12-24(13-8-15)30(27,28)16-4-3-11-22-17(16)21/h3-4,11,14-15H,5-10,12-13H2,1-2H3,(H,23,25). The van der Waals surface area contributed by atoms with E-state index in [1.807, 2.05) is 0 Å². The van der Waals surface area contributed by atoms with Crippen LogP contribution in [0, 0.1) is 11.8 Å². The van der Waals surface area contributed by atoms with Crippen molar-refractivity contribution in [1.29, 1.82) is 0 Å². The Morgan fingerprint density at radius 1 is 1.23 bits per heavy atom. The van der Waals surface area contributed by atoms with E-state index in [4.69, 9.17) is 16.3 Å². The summed E-state index contributed by atoms with van der Waals surface area (Å²) in [4.78, 5) is 29.2. The number of piperidine rings is 1. The summed E-state index contributed by atoms with van der Waals surface area (Å²) >= 11 is 5.96. The molecule has 1 aliphatic heterocycles. The summed E-state index contributed by atoms with van der Waals surface area (Å²) in [5.74, 6) is -0.477. The van der Waals surface area contributed by atoms with Crippen molar-refractivity contribution in [2.45, 2.75) is 55.9 Å². The van der Waals surface area contributed by atoms with Crippen molar-refractivity contribution in [2.75, 3.05) is 20.2 Å². The molecule has 1 saturated carbocycles. The molecule has 2 heterocycles. The third-order valence-corrected chi connectivity index (χ3v) is 8.58. The van der Waals surface area contributed by atoms with E-state index in [2.05, 4.69) is 17.2 Å². The summed E-state index contributed by atoms with van der Waals surface area (Å²) in [6, 6.07) is 2.95. The number of carbonyl (C=O) groups excluding carboxylic acids is 2. The third kappa shape index (κ3) is 4.63. The van der Waals surface area contributed by atoms with Gasteiger partial charge in [-0.1, -0.05) is 18.5 Å². The first kappa shape index (κ1) is 23.0. The fourth-order valence-corrected chi connectivity index (χ4v) is 6.13. The largest absolute Gasteiger partial charge is 0.467 e. The Labute approximate surface area is 182 Å². The van der Waals surface area contributed by atoms with Crippen LogP contribution >= 0.6 is 11.6 Å². The minimum Gasteiger partial charge on any atom is -0.467 e. The molecule has 1 saturated heterocycles. The van der Waals surface area contributed by atoms with Gasteiger partial charge in [-0.3, -0.25) is 4.79 Å². The molecule has 2 fully saturated rings. The maximum absolute atomic E-state index is 12.9. The molecule has 0 unspecified atom stereocenters. The molecule has 166 valence electrons. The second kappa shape index (κ2) is 9.20. The number of nitrogens with zero attached hydrogens (tertiary/aromatic N) is 2. The summed E-state index contributed by atoms with van der Waals surface area (Å²) in [6.07, 6.45) is 4.97. The molecule has 0 spiro atoms. The summed E-state index contributed by atoms with van der Waals surface area (Å²) in [7, 11) is -2.44. The fraction of sp³-hybridized carbons (Fsp3) is 0.650. The van der Waals surface area contributed by atoms with Crippen molar-refractivity contribution in [2.24, 2.45) is 11.8 Å². The van der Waals surface area contributed by atoms with E-state index >= 15 is 0 Å². The summed E-state index contributed by atoms with van der Waals surface area (Å²) in [5.41, 5.74) is -0.981. The number of hydrogen-bond acceptors (Lipinski definition) is 6. The number of rotatable bonds is 5. The van der Waals surface area contributed by atoms with Crippen LogP contribution in [0.15, 0.2) is 23.2 Å². The van der Waals surface area contributed by atoms with E-state index in [0.29, 0.717) is 31.6 Å². The Bertz CT molecular complexity index is 891. The quantitative estimate of drug-likeness (QED) is 0.537. The number of halogens is 1. The Morgan fingerprint density at radius 3 is 2.43 bits per heavy atom. The van der Waals surface area contributed by atoms with Crippen LogP contribution in [0.4, 0.5) is 0 Å². The molecule has 0 radical (unpaired) electrons. The van der Waals surface area contributed by atoms with E-state index in [1.165, 1.54) is 29.7 Å². The van der Waals surface area contributed by atoms with E-state index in [1.54, 1.807) is 0 Å². The number of methoxy groups -OCH3 is 1. The van der Waals surface area contributed by atoms with Gasteiger partial charge in [-0.05, 0) is 56.6 Å². The van der Waals surface area contributed by atoms with Gasteiger partial charge in [-0.25, -0.2) is 18.2 Å². The number of esters is 1. The molecule has 0 aromatic carbocycles. The minimum absolute atomic E-state index is 0.0319. The number of amides is 1. The van der Waals surface area contributed by atoms with Crippen molar-refractivity contribution >= 4 is 33.5 Å². The molecule has 0 atom stereocenters. The first-order valence-corrected chi connectivity index (χ1v) is 12.0. The van der Waals surface area contributed by atoms with Gasteiger partial charge in [-0.15, -0.1) is 0 Å². The van der Waals surface area contributed by atoms with E-state index in [9.17, 15) is 18.0 Å². The Morgan fingerprint density at radius 2 is 1.87 bits per heavy atom. The lowest BCUT2D eigenvalue weighted by molar-refractivity contribution is -0.153. The van der Waals surface area contributed by atoms with Crippen LogP contribution in [-0.2, 0) is 24.3 Å². The minimum atomic E-state index is -3.77. The molecular weight excluding hydrogens is 430 g/mol. The van der Waals surface area contributed by atoms with Gasteiger partial charge in [-0.2, -0.15) is 4.31 Å². The van der Waals surface area contributed by atoms with Gasteiger partial charge >= 0.3 is 5.97 Å². The van der Waals surface area contributed by atoms with Gasteiger partial charge < -0.3 is 10.1 Å². The van der Waals surface area contributed by atoms with Crippen LogP contribution < -0.4 is 5.32 Å². The number of carbonyl (C=O) groups is 2. The molecule has 0 bridgehead atoms. The number of aromatic nitrogens is 1. The highest BCUT2D eigenvalue weighted by Gasteiger charge is 2.45. The van der Waals surface area contributed by atoms with Crippen molar-refractivity contribution in [3.8, 4) is 0 Å². The highest BCUT2D eigenvalue weighted by Crippen LogP contribution is 2.34. The normalized spacial score (nSPS) is 26.2. The number of ether oxygens (including phenoxy) is 1. The summed E-state index contributed by atoms with van der Waals surface area (Å²) in [5, 5.41) is 2.89.